The lowest BCUT2D eigenvalue weighted by Gasteiger charge is -2.33. The molecule has 4 nitrogen and oxygen atoms in total. The van der Waals surface area contributed by atoms with E-state index in [0.717, 1.165) is 37.0 Å². The lowest BCUT2D eigenvalue weighted by Crippen LogP contribution is -2.55. The number of unbranched alkanes of at least 4 members (excludes halogenated alkanes) is 3. The normalized spacial score (nSPS) is 19.6. The summed E-state index contributed by atoms with van der Waals surface area (Å²) in [5.41, 5.74) is 2.02. The van der Waals surface area contributed by atoms with Crippen molar-refractivity contribution in [3.05, 3.63) is 54.4 Å². The fraction of sp³-hybridized carbons (Fsp3) is 0.519. The molecule has 0 bridgehead atoms. The van der Waals surface area contributed by atoms with Crippen LogP contribution in [0, 0.1) is 0 Å². The summed E-state index contributed by atoms with van der Waals surface area (Å²) in [7, 11) is -1.72. The van der Waals surface area contributed by atoms with Crippen LogP contribution in [-0.2, 0) is 16.0 Å². The number of ketones is 1. The van der Waals surface area contributed by atoms with Crippen LogP contribution in [0.1, 0.15) is 74.0 Å². The van der Waals surface area contributed by atoms with E-state index < -0.39 is 20.9 Å². The van der Waals surface area contributed by atoms with Gasteiger partial charge in [0.1, 0.15) is 13.9 Å². The summed E-state index contributed by atoms with van der Waals surface area (Å²) >= 11 is 0. The molecule has 0 spiro atoms. The molecule has 1 aromatic heterocycles. The molecule has 3 unspecified atom stereocenters. The Morgan fingerprint density at radius 3 is 2.44 bits per heavy atom. The largest absolute Gasteiger partial charge is 0.312 e. The van der Waals surface area contributed by atoms with Crippen LogP contribution < -0.4 is 10.1 Å². The first-order chi connectivity index (χ1) is 16.4. The van der Waals surface area contributed by atoms with Crippen molar-refractivity contribution in [3.8, 4) is 0 Å². The molecule has 0 saturated heterocycles. The van der Waals surface area contributed by atoms with E-state index in [4.69, 9.17) is 2.74 Å². The molecule has 0 fully saturated rings. The van der Waals surface area contributed by atoms with Crippen LogP contribution in [0.5, 0.6) is 0 Å². The molecule has 1 aliphatic rings. The van der Waals surface area contributed by atoms with E-state index in [1.165, 1.54) is 5.19 Å². The highest BCUT2D eigenvalue weighted by Crippen LogP contribution is 2.36. The number of hydrogen-bond donors (Lipinski definition) is 0. The second kappa shape index (κ2) is 11.6. The van der Waals surface area contributed by atoms with Gasteiger partial charge >= 0.3 is 0 Å². The smallest absolute Gasteiger partial charge is 0.226 e. The summed E-state index contributed by atoms with van der Waals surface area (Å²) in [6, 6.07) is 14.3. The van der Waals surface area contributed by atoms with E-state index in [1.54, 1.807) is 24.5 Å². The third-order valence-corrected chi connectivity index (χ3v) is 13.0. The Bertz CT molecular complexity index is 968. The number of amides is 1. The second-order valence-electron chi connectivity index (χ2n) is 8.82. The zero-order valence-electron chi connectivity index (χ0n) is 21.7. The Morgan fingerprint density at radius 2 is 1.75 bits per heavy atom. The summed E-state index contributed by atoms with van der Waals surface area (Å²) in [6.07, 6.45) is 5.30. The third-order valence-electron chi connectivity index (χ3n) is 7.13. The molecule has 1 aromatic carbocycles. The second-order valence-corrected chi connectivity index (χ2v) is 13.9. The molecule has 2 heterocycles. The van der Waals surface area contributed by atoms with Gasteiger partial charge in [-0.05, 0) is 49.0 Å². The van der Waals surface area contributed by atoms with Gasteiger partial charge in [-0.3, -0.25) is 14.6 Å². The summed E-state index contributed by atoms with van der Waals surface area (Å²) in [5.74, 6) is 0.0231. The maximum Gasteiger partial charge on any atom is 0.226 e. The van der Waals surface area contributed by atoms with E-state index in [0.29, 0.717) is 24.8 Å². The number of fused-ring (bicyclic) bond motifs is 1. The Hall–Kier alpha value is -2.27. The van der Waals surface area contributed by atoms with Crippen LogP contribution in [-0.4, -0.2) is 30.4 Å². The number of para-hydroxylation sites is 1. The first-order valence-corrected chi connectivity index (χ1v) is 14.5. The minimum Gasteiger partial charge on any atom is -0.312 e. The van der Waals surface area contributed by atoms with Gasteiger partial charge in [-0.15, -0.1) is 0 Å². The third kappa shape index (κ3) is 5.37. The number of Topliss-reactive ketones (excluding diaryl/α,β-unsaturated/α-hetero) is 1. The van der Waals surface area contributed by atoms with Crippen LogP contribution in [0.15, 0.2) is 48.8 Å². The van der Waals surface area contributed by atoms with E-state index in [1.807, 2.05) is 6.07 Å². The van der Waals surface area contributed by atoms with Gasteiger partial charge in [-0.25, -0.2) is 0 Å². The molecule has 32 heavy (non-hydrogen) atoms. The molecule has 5 heteroatoms. The molecule has 0 N–H and O–H groups in total. The maximum absolute atomic E-state index is 13.2. The molecule has 0 radical (unpaired) electrons. The lowest BCUT2D eigenvalue weighted by molar-refractivity contribution is -0.120. The van der Waals surface area contributed by atoms with E-state index in [2.05, 4.69) is 48.9 Å². The van der Waals surface area contributed by atoms with Crippen molar-refractivity contribution in [2.75, 3.05) is 4.90 Å². The number of aryl methyl sites for hydroxylation is 1. The van der Waals surface area contributed by atoms with Crippen LogP contribution in [0.3, 0.4) is 0 Å². The maximum atomic E-state index is 13.2. The highest BCUT2D eigenvalue weighted by atomic mass is 28.3. The van der Waals surface area contributed by atoms with Gasteiger partial charge in [0.15, 0.2) is 0 Å². The lowest BCUT2D eigenvalue weighted by atomic mass is 10.0. The Morgan fingerprint density at radius 1 is 1.03 bits per heavy atom. The topological polar surface area (TPSA) is 50.3 Å². The average molecular weight is 453 g/mol. The van der Waals surface area contributed by atoms with Crippen LogP contribution >= 0.6 is 0 Å². The van der Waals surface area contributed by atoms with Gasteiger partial charge in [0.25, 0.3) is 0 Å². The molecule has 3 atom stereocenters. The molecule has 172 valence electrons. The number of hydrogen-bond acceptors (Lipinski definition) is 3. The summed E-state index contributed by atoms with van der Waals surface area (Å²) < 4.78 is 16.3. The summed E-state index contributed by atoms with van der Waals surface area (Å²) in [5, 5.41) is 1.43. The Balaban J connectivity index is 1.44. The molecule has 0 aliphatic carbocycles. The van der Waals surface area contributed by atoms with Crippen LogP contribution in [0.25, 0.3) is 0 Å². The molecule has 1 aliphatic heterocycles. The predicted molar refractivity (Wildman–Crippen MR) is 135 cm³/mol. The number of carbonyl (C=O) groups excluding carboxylic acids is 2. The number of benzene rings is 1. The number of pyridine rings is 1. The number of rotatable bonds is 12. The zero-order valence-corrected chi connectivity index (χ0v) is 20.7. The highest BCUT2D eigenvalue weighted by Gasteiger charge is 2.49. The van der Waals surface area contributed by atoms with Gasteiger partial charge in [-0.2, -0.15) is 0 Å². The van der Waals surface area contributed by atoms with Crippen molar-refractivity contribution in [3.63, 3.8) is 0 Å². The van der Waals surface area contributed by atoms with Gasteiger partial charge in [0, 0.05) is 45.7 Å². The molecular weight excluding hydrogens is 412 g/mol. The van der Waals surface area contributed by atoms with Crippen molar-refractivity contribution in [2.45, 2.75) is 89.8 Å². The van der Waals surface area contributed by atoms with Crippen LogP contribution in [0.4, 0.5) is 5.69 Å². The van der Waals surface area contributed by atoms with Crippen molar-refractivity contribution >= 4 is 30.6 Å². The van der Waals surface area contributed by atoms with Crippen LogP contribution in [0.2, 0.25) is 12.1 Å². The van der Waals surface area contributed by atoms with E-state index >= 15 is 0 Å². The fourth-order valence-electron chi connectivity index (χ4n) is 5.15. The number of anilines is 1. The minimum atomic E-state index is -1.72. The first-order valence-electron chi connectivity index (χ1n) is 13.2. The highest BCUT2D eigenvalue weighted by molar-refractivity contribution is 6.96. The molecule has 1 amide bonds. The number of carbonyl (C=O) groups is 2. The molecule has 3 rings (SSSR count). The number of nitrogens with zero attached hydrogens (tertiary/aromatic N) is 2. The molecular formula is C27H38N2O2Si. The van der Waals surface area contributed by atoms with Crippen molar-refractivity contribution in [1.82, 2.24) is 4.98 Å². The molecule has 2 aromatic rings. The average Bonchev–Trinajstić information content (AvgIpc) is 3.13. The van der Waals surface area contributed by atoms with Gasteiger partial charge in [-0.1, -0.05) is 63.0 Å². The zero-order chi connectivity index (χ0) is 24.7. The van der Waals surface area contributed by atoms with Gasteiger partial charge in [0.05, 0.1) is 0 Å². The monoisotopic (exact) mass is 452 g/mol. The van der Waals surface area contributed by atoms with E-state index in [-0.39, 0.29) is 17.4 Å². The van der Waals surface area contributed by atoms with Gasteiger partial charge in [0.2, 0.25) is 5.91 Å². The van der Waals surface area contributed by atoms with Crippen molar-refractivity contribution in [2.24, 2.45) is 0 Å². The van der Waals surface area contributed by atoms with Crippen molar-refractivity contribution < 1.29 is 12.3 Å². The first kappa shape index (κ1) is 21.6. The minimum absolute atomic E-state index is 0.192. The summed E-state index contributed by atoms with van der Waals surface area (Å²) in [4.78, 5) is 31.6. The molecule has 0 saturated carbocycles. The Labute approximate surface area is 197 Å². The fourth-order valence-corrected chi connectivity index (χ4v) is 9.97. The number of aromatic nitrogens is 1. The van der Waals surface area contributed by atoms with E-state index in [9.17, 15) is 9.59 Å². The SMILES string of the molecule is [2H]C(C(=O)CCCCCCC(=O)N1c2ccccc2[Si](CC)(CC)C1C)C([2H])c1cccnc1. The van der Waals surface area contributed by atoms with Crippen molar-refractivity contribution in [1.29, 1.82) is 0 Å². The quantitative estimate of drug-likeness (QED) is 0.311. The standard InChI is InChI=1S/C27H38N2O2Si/c1-4-32(5-2)22(3)29(25-15-10-11-16-26(25)32)27(31)17-9-7-6-8-14-24(30)19-18-23-13-12-20-28-21-23/h10-13,15-16,20-22H,4-9,14,17-19H2,1-3H3/i18D,19D. The predicted octanol–water partition coefficient (Wildman–Crippen LogP) is 5.59. The Kier molecular flexibility index (Phi) is 7.78. The van der Waals surface area contributed by atoms with Gasteiger partial charge < -0.3 is 4.90 Å². The summed E-state index contributed by atoms with van der Waals surface area (Å²) in [6.45, 7) is 6.80.